The maximum atomic E-state index is 13.6. The fourth-order valence-corrected chi connectivity index (χ4v) is 2.71. The van der Waals surface area contributed by atoms with E-state index < -0.39 is 17.7 Å². The molecule has 0 amide bonds. The monoisotopic (exact) mass is 431 g/mol. The third-order valence-electron chi connectivity index (χ3n) is 4.17. The molecule has 2 aromatic heterocycles. The molecule has 8 nitrogen and oxygen atoms in total. The van der Waals surface area contributed by atoms with E-state index in [1.807, 2.05) is 13.1 Å². The number of carbonyl (C=O) groups excluding carboxylic acids is 1. The largest absolute Gasteiger partial charge is 0.479 e. The van der Waals surface area contributed by atoms with Gasteiger partial charge < -0.3 is 19.9 Å². The molecule has 0 radical (unpaired) electrons. The Morgan fingerprint density at radius 1 is 1.33 bits per heavy atom. The molecule has 0 saturated carbocycles. The molecule has 10 heteroatoms. The van der Waals surface area contributed by atoms with Gasteiger partial charge in [0.25, 0.3) is 0 Å². The van der Waals surface area contributed by atoms with Crippen LogP contribution in [0.15, 0.2) is 48.0 Å². The van der Waals surface area contributed by atoms with Crippen LogP contribution in [0.2, 0.25) is 5.02 Å². The van der Waals surface area contributed by atoms with Crippen molar-refractivity contribution in [1.82, 2.24) is 14.5 Å². The summed E-state index contributed by atoms with van der Waals surface area (Å²) >= 11 is 5.63. The van der Waals surface area contributed by atoms with Gasteiger partial charge in [-0.3, -0.25) is 4.79 Å². The van der Waals surface area contributed by atoms with Crippen LogP contribution in [0.3, 0.4) is 0 Å². The SMILES string of the molecule is COc1nc(C(N)=NOC(C)C(=O)c2ccc(Cl)c(F)c2)ccc1-n1cnc(C)c1. The second-order valence-electron chi connectivity index (χ2n) is 6.36. The van der Waals surface area contributed by atoms with E-state index in [4.69, 9.17) is 26.9 Å². The molecule has 1 atom stereocenters. The van der Waals surface area contributed by atoms with Crippen molar-refractivity contribution in [3.05, 3.63) is 70.6 Å². The highest BCUT2D eigenvalue weighted by Gasteiger charge is 2.19. The van der Waals surface area contributed by atoms with Crippen LogP contribution in [0.1, 0.15) is 28.7 Å². The van der Waals surface area contributed by atoms with Crippen molar-refractivity contribution in [3.63, 3.8) is 0 Å². The number of rotatable bonds is 7. The van der Waals surface area contributed by atoms with E-state index in [1.54, 1.807) is 23.0 Å². The lowest BCUT2D eigenvalue weighted by Gasteiger charge is -2.11. The molecule has 0 fully saturated rings. The Labute approximate surface area is 177 Å². The number of ether oxygens (including phenoxy) is 1. The fourth-order valence-electron chi connectivity index (χ4n) is 2.59. The van der Waals surface area contributed by atoms with Gasteiger partial charge in [-0.05, 0) is 44.2 Å². The topological polar surface area (TPSA) is 105 Å². The summed E-state index contributed by atoms with van der Waals surface area (Å²) in [6.45, 7) is 3.34. The molecule has 0 aliphatic heterocycles. The molecule has 0 bridgehead atoms. The number of hydrogen-bond donors (Lipinski definition) is 1. The van der Waals surface area contributed by atoms with Crippen molar-refractivity contribution in [1.29, 1.82) is 0 Å². The number of methoxy groups -OCH3 is 1. The lowest BCUT2D eigenvalue weighted by atomic mass is 10.1. The number of nitrogens with two attached hydrogens (primary N) is 1. The summed E-state index contributed by atoms with van der Waals surface area (Å²) in [5, 5.41) is 3.71. The molecule has 156 valence electrons. The molecule has 0 saturated heterocycles. The summed E-state index contributed by atoms with van der Waals surface area (Å²) in [6.07, 6.45) is 2.47. The number of halogens is 2. The lowest BCUT2D eigenvalue weighted by Crippen LogP contribution is -2.22. The standard InChI is InChI=1S/C20H19ClFN5O3/c1-11-9-27(10-24-11)17-7-6-16(25-20(17)29-3)19(23)26-30-12(2)18(28)13-4-5-14(21)15(22)8-13/h4-10,12H,1-3H3,(H2,23,26). The highest BCUT2D eigenvalue weighted by atomic mass is 35.5. The maximum Gasteiger partial charge on any atom is 0.238 e. The van der Waals surface area contributed by atoms with Crippen molar-refractivity contribution in [2.24, 2.45) is 10.9 Å². The van der Waals surface area contributed by atoms with Gasteiger partial charge in [0, 0.05) is 11.8 Å². The zero-order valence-electron chi connectivity index (χ0n) is 16.5. The molecular formula is C20H19ClFN5O3. The van der Waals surface area contributed by atoms with Crippen molar-refractivity contribution in [3.8, 4) is 11.6 Å². The van der Waals surface area contributed by atoms with Crippen LogP contribution < -0.4 is 10.5 Å². The number of Topliss-reactive ketones (excluding diaryl/α,β-unsaturated/α-hetero) is 1. The number of nitrogens with zero attached hydrogens (tertiary/aromatic N) is 4. The third-order valence-corrected chi connectivity index (χ3v) is 4.47. The molecule has 3 rings (SSSR count). The number of oxime groups is 1. The van der Waals surface area contributed by atoms with Gasteiger partial charge >= 0.3 is 0 Å². The van der Waals surface area contributed by atoms with Gasteiger partial charge in [0.1, 0.15) is 17.2 Å². The summed E-state index contributed by atoms with van der Waals surface area (Å²) in [5.74, 6) is -0.909. The summed E-state index contributed by atoms with van der Waals surface area (Å²) in [4.78, 5) is 26.1. The van der Waals surface area contributed by atoms with Gasteiger partial charge in [0.15, 0.2) is 11.9 Å². The van der Waals surface area contributed by atoms with Gasteiger partial charge in [0.2, 0.25) is 11.7 Å². The molecule has 0 spiro atoms. The van der Waals surface area contributed by atoms with Crippen molar-refractivity contribution < 1.29 is 18.8 Å². The second kappa shape index (κ2) is 8.91. The Hall–Kier alpha value is -3.46. The number of imidazole rings is 1. The Bertz CT molecular complexity index is 1120. The number of benzene rings is 1. The van der Waals surface area contributed by atoms with Crippen molar-refractivity contribution >= 4 is 23.2 Å². The second-order valence-corrected chi connectivity index (χ2v) is 6.77. The van der Waals surface area contributed by atoms with Crippen LogP contribution in [0.4, 0.5) is 4.39 Å². The fraction of sp³-hybridized carbons (Fsp3) is 0.200. The minimum atomic E-state index is -1.00. The smallest absolute Gasteiger partial charge is 0.238 e. The quantitative estimate of drug-likeness (QED) is 0.266. The van der Waals surface area contributed by atoms with Crippen LogP contribution in [-0.4, -0.2) is 39.4 Å². The first-order chi connectivity index (χ1) is 14.3. The van der Waals surface area contributed by atoms with Gasteiger partial charge in [0.05, 0.1) is 24.2 Å². The van der Waals surface area contributed by atoms with Gasteiger partial charge in [-0.1, -0.05) is 16.8 Å². The van der Waals surface area contributed by atoms with Crippen LogP contribution in [-0.2, 0) is 4.84 Å². The van der Waals surface area contributed by atoms with E-state index in [0.717, 1.165) is 11.8 Å². The molecule has 2 N–H and O–H groups in total. The highest BCUT2D eigenvalue weighted by molar-refractivity contribution is 6.30. The normalized spacial score (nSPS) is 12.5. The molecule has 3 aromatic rings. The molecule has 1 aromatic carbocycles. The molecule has 2 heterocycles. The first-order valence-corrected chi connectivity index (χ1v) is 9.23. The maximum absolute atomic E-state index is 13.6. The third kappa shape index (κ3) is 4.57. The number of hydrogen-bond acceptors (Lipinski definition) is 6. The first kappa shape index (κ1) is 21.3. The van der Waals surface area contributed by atoms with Gasteiger partial charge in [-0.2, -0.15) is 0 Å². The summed E-state index contributed by atoms with van der Waals surface area (Å²) in [7, 11) is 1.48. The van der Waals surface area contributed by atoms with Crippen LogP contribution in [0.5, 0.6) is 5.88 Å². The number of ketones is 1. The van der Waals surface area contributed by atoms with Crippen molar-refractivity contribution in [2.75, 3.05) is 7.11 Å². The minimum absolute atomic E-state index is 0.0522. The molecular weight excluding hydrogens is 413 g/mol. The summed E-state index contributed by atoms with van der Waals surface area (Å²) in [5.41, 5.74) is 7.86. The Morgan fingerprint density at radius 3 is 2.73 bits per heavy atom. The minimum Gasteiger partial charge on any atom is -0.479 e. The summed E-state index contributed by atoms with van der Waals surface area (Å²) < 4.78 is 20.7. The number of aromatic nitrogens is 3. The Kier molecular flexibility index (Phi) is 6.31. The highest BCUT2D eigenvalue weighted by Crippen LogP contribution is 2.21. The predicted molar refractivity (Wildman–Crippen MR) is 110 cm³/mol. The zero-order chi connectivity index (χ0) is 21.8. The number of pyridine rings is 1. The van der Waals surface area contributed by atoms with E-state index in [9.17, 15) is 9.18 Å². The Morgan fingerprint density at radius 2 is 2.10 bits per heavy atom. The van der Waals surface area contributed by atoms with E-state index in [2.05, 4.69) is 15.1 Å². The zero-order valence-corrected chi connectivity index (χ0v) is 17.2. The van der Waals surface area contributed by atoms with E-state index in [0.29, 0.717) is 17.3 Å². The average Bonchev–Trinajstić information content (AvgIpc) is 3.18. The van der Waals surface area contributed by atoms with E-state index >= 15 is 0 Å². The lowest BCUT2D eigenvalue weighted by molar-refractivity contribution is 0.0502. The summed E-state index contributed by atoms with van der Waals surface area (Å²) in [6, 6.07) is 7.13. The first-order valence-electron chi connectivity index (χ1n) is 8.85. The van der Waals surface area contributed by atoms with Crippen molar-refractivity contribution in [2.45, 2.75) is 20.0 Å². The van der Waals surface area contributed by atoms with E-state index in [1.165, 1.54) is 26.2 Å². The van der Waals surface area contributed by atoms with E-state index in [-0.39, 0.29) is 16.4 Å². The van der Waals surface area contributed by atoms with Crippen LogP contribution >= 0.6 is 11.6 Å². The number of amidine groups is 1. The number of aryl methyl sites for hydroxylation is 1. The molecule has 0 aliphatic carbocycles. The van der Waals surface area contributed by atoms with Gasteiger partial charge in [-0.25, -0.2) is 14.4 Å². The molecule has 1 unspecified atom stereocenters. The van der Waals surface area contributed by atoms with Crippen LogP contribution in [0, 0.1) is 12.7 Å². The molecule has 0 aliphatic rings. The Balaban J connectivity index is 1.76. The number of carbonyl (C=O) groups is 1. The van der Waals surface area contributed by atoms with Gasteiger partial charge in [-0.15, -0.1) is 0 Å². The molecule has 30 heavy (non-hydrogen) atoms. The van der Waals surface area contributed by atoms with Crippen LogP contribution in [0.25, 0.3) is 5.69 Å². The average molecular weight is 432 g/mol. The predicted octanol–water partition coefficient (Wildman–Crippen LogP) is 3.29.